The van der Waals surface area contributed by atoms with Crippen LogP contribution in [0, 0.1) is 11.8 Å². The van der Waals surface area contributed by atoms with Crippen molar-refractivity contribution in [3.05, 3.63) is 59.7 Å². The number of alkyl carbamates (subject to hydrolysis) is 1. The predicted octanol–water partition coefficient (Wildman–Crippen LogP) is 4.70. The Hall–Kier alpha value is -3.35. The van der Waals surface area contributed by atoms with E-state index in [1.165, 1.54) is 11.1 Å². The molecule has 3 N–H and O–H groups in total. The average Bonchev–Trinajstić information content (AvgIpc) is 3.19. The maximum Gasteiger partial charge on any atom is 0.407 e. The van der Waals surface area contributed by atoms with Crippen LogP contribution in [0.1, 0.15) is 63.0 Å². The number of ether oxygens (including phenoxy) is 1. The first kappa shape index (κ1) is 24.8. The molecule has 4 atom stereocenters. The van der Waals surface area contributed by atoms with E-state index >= 15 is 0 Å². The van der Waals surface area contributed by atoms with Gasteiger partial charge in [-0.25, -0.2) is 9.59 Å². The molecule has 0 aromatic heterocycles. The number of fused-ring (bicyclic) bond motifs is 3. The molecule has 0 unspecified atom stereocenters. The molecule has 2 aromatic rings. The van der Waals surface area contributed by atoms with Gasteiger partial charge in [0, 0.05) is 17.9 Å². The first-order valence-corrected chi connectivity index (χ1v) is 12.5. The molecule has 7 heteroatoms. The molecule has 7 nitrogen and oxygen atoms in total. The van der Waals surface area contributed by atoms with Gasteiger partial charge in [0.25, 0.3) is 0 Å². The number of aliphatic carboxylic acids is 1. The van der Waals surface area contributed by atoms with E-state index in [0.29, 0.717) is 19.3 Å². The number of carbonyl (C=O) groups is 3. The molecular formula is C28H34N2O5. The van der Waals surface area contributed by atoms with Crippen molar-refractivity contribution in [3.63, 3.8) is 0 Å². The lowest BCUT2D eigenvalue weighted by molar-refractivity contribution is -0.144. The van der Waals surface area contributed by atoms with Crippen LogP contribution in [-0.2, 0) is 14.3 Å². The summed E-state index contributed by atoms with van der Waals surface area (Å²) in [6, 6.07) is 15.3. The standard InChI is InChI=1S/C28H34N2O5/c1-3-17(2)25(27(32)33)30-26(31)18-9-8-10-19(15-18)29-28(34)35-16-24-22-13-6-4-11-20(22)21-12-5-7-14-23(21)24/h4-7,11-14,17-19,24-25H,3,8-10,15-16H2,1-2H3,(H,29,34)(H,30,31)(H,32,33)/t17-,18-,19+,25-/m0/s1. The molecule has 1 fully saturated rings. The zero-order valence-electron chi connectivity index (χ0n) is 20.3. The van der Waals surface area contributed by atoms with Gasteiger partial charge < -0.3 is 20.5 Å². The number of carbonyl (C=O) groups excluding carboxylic acids is 2. The van der Waals surface area contributed by atoms with E-state index in [2.05, 4.69) is 34.9 Å². The van der Waals surface area contributed by atoms with E-state index in [9.17, 15) is 19.5 Å². The number of hydrogen-bond donors (Lipinski definition) is 3. The Morgan fingerprint density at radius 3 is 2.26 bits per heavy atom. The van der Waals surface area contributed by atoms with Gasteiger partial charge in [0.1, 0.15) is 12.6 Å². The Kier molecular flexibility index (Phi) is 7.73. The van der Waals surface area contributed by atoms with Gasteiger partial charge in [-0.15, -0.1) is 0 Å². The Morgan fingerprint density at radius 2 is 1.66 bits per heavy atom. The third-order valence-electron chi connectivity index (χ3n) is 7.49. The quantitative estimate of drug-likeness (QED) is 0.510. The second-order valence-electron chi connectivity index (χ2n) is 9.74. The monoisotopic (exact) mass is 478 g/mol. The topological polar surface area (TPSA) is 105 Å². The number of hydrogen-bond acceptors (Lipinski definition) is 4. The van der Waals surface area contributed by atoms with Crippen molar-refractivity contribution >= 4 is 18.0 Å². The van der Waals surface area contributed by atoms with Crippen molar-refractivity contribution in [2.45, 2.75) is 64.0 Å². The average molecular weight is 479 g/mol. The molecule has 35 heavy (non-hydrogen) atoms. The van der Waals surface area contributed by atoms with E-state index in [1.54, 1.807) is 0 Å². The van der Waals surface area contributed by atoms with E-state index in [0.717, 1.165) is 24.0 Å². The number of carboxylic acid groups (broad SMARTS) is 1. The van der Waals surface area contributed by atoms with Crippen LogP contribution in [0.4, 0.5) is 4.79 Å². The Morgan fingerprint density at radius 1 is 1.03 bits per heavy atom. The minimum absolute atomic E-state index is 0.00783. The van der Waals surface area contributed by atoms with Crippen LogP contribution in [0.25, 0.3) is 11.1 Å². The summed E-state index contributed by atoms with van der Waals surface area (Å²) in [6.45, 7) is 3.97. The van der Waals surface area contributed by atoms with Gasteiger partial charge in [-0.05, 0) is 47.4 Å². The molecule has 2 aromatic carbocycles. The smallest absolute Gasteiger partial charge is 0.407 e. The van der Waals surface area contributed by atoms with Crippen LogP contribution in [0.3, 0.4) is 0 Å². The maximum atomic E-state index is 12.8. The van der Waals surface area contributed by atoms with Crippen LogP contribution in [0.15, 0.2) is 48.5 Å². The number of amides is 2. The van der Waals surface area contributed by atoms with Gasteiger partial charge >= 0.3 is 12.1 Å². The van der Waals surface area contributed by atoms with Gasteiger partial charge in [-0.1, -0.05) is 75.2 Å². The molecule has 0 aliphatic heterocycles. The molecule has 0 spiro atoms. The highest BCUT2D eigenvalue weighted by Gasteiger charge is 2.33. The van der Waals surface area contributed by atoms with Gasteiger partial charge in [-0.3, -0.25) is 4.79 Å². The molecule has 0 bridgehead atoms. The SMILES string of the molecule is CC[C@H](C)[C@H](NC(=O)[C@H]1CCC[C@@H](NC(=O)OCC2c3ccccc3-c3ccccc32)C1)C(=O)O. The predicted molar refractivity (Wildman–Crippen MR) is 133 cm³/mol. The number of rotatable bonds is 8. The highest BCUT2D eigenvalue weighted by Crippen LogP contribution is 2.44. The molecular weight excluding hydrogens is 444 g/mol. The normalized spacial score (nSPS) is 20.7. The van der Waals surface area contributed by atoms with E-state index < -0.39 is 18.1 Å². The first-order valence-electron chi connectivity index (χ1n) is 12.5. The lowest BCUT2D eigenvalue weighted by Gasteiger charge is -2.30. The van der Waals surface area contributed by atoms with E-state index in [-0.39, 0.29) is 36.3 Å². The van der Waals surface area contributed by atoms with Crippen molar-refractivity contribution in [3.8, 4) is 11.1 Å². The minimum atomic E-state index is -1.02. The van der Waals surface area contributed by atoms with Crippen LogP contribution < -0.4 is 10.6 Å². The fourth-order valence-corrected chi connectivity index (χ4v) is 5.32. The lowest BCUT2D eigenvalue weighted by Crippen LogP contribution is -2.49. The second kappa shape index (κ2) is 10.9. The maximum absolute atomic E-state index is 12.8. The summed E-state index contributed by atoms with van der Waals surface area (Å²) < 4.78 is 5.65. The summed E-state index contributed by atoms with van der Waals surface area (Å²) in [4.78, 5) is 37.0. The molecule has 2 aliphatic rings. The second-order valence-corrected chi connectivity index (χ2v) is 9.74. The van der Waals surface area contributed by atoms with Crippen molar-refractivity contribution in [1.29, 1.82) is 0 Å². The fourth-order valence-electron chi connectivity index (χ4n) is 5.32. The van der Waals surface area contributed by atoms with Crippen molar-refractivity contribution in [1.82, 2.24) is 10.6 Å². The zero-order chi connectivity index (χ0) is 24.9. The Balaban J connectivity index is 1.32. The Labute approximate surface area is 206 Å². The van der Waals surface area contributed by atoms with Gasteiger partial charge in [0.15, 0.2) is 0 Å². The summed E-state index contributed by atoms with van der Waals surface area (Å²) in [5, 5.41) is 15.1. The summed E-state index contributed by atoms with van der Waals surface area (Å²) >= 11 is 0. The highest BCUT2D eigenvalue weighted by atomic mass is 16.5. The highest BCUT2D eigenvalue weighted by molar-refractivity contribution is 5.85. The number of benzene rings is 2. The summed E-state index contributed by atoms with van der Waals surface area (Å²) in [5.41, 5.74) is 4.67. The van der Waals surface area contributed by atoms with E-state index in [4.69, 9.17) is 4.74 Å². The Bertz CT molecular complexity index is 1040. The number of carboxylic acids is 1. The summed E-state index contributed by atoms with van der Waals surface area (Å²) in [6.07, 6.45) is 2.88. The third-order valence-corrected chi connectivity index (χ3v) is 7.49. The minimum Gasteiger partial charge on any atom is -0.480 e. The molecule has 0 radical (unpaired) electrons. The van der Waals surface area contributed by atoms with Crippen molar-refractivity contribution < 1.29 is 24.2 Å². The molecule has 2 amide bonds. The summed E-state index contributed by atoms with van der Waals surface area (Å²) in [5.74, 6) is -1.76. The first-order chi connectivity index (χ1) is 16.9. The number of nitrogens with one attached hydrogen (secondary N) is 2. The summed E-state index contributed by atoms with van der Waals surface area (Å²) in [7, 11) is 0. The molecule has 0 heterocycles. The van der Waals surface area contributed by atoms with Crippen LogP contribution >= 0.6 is 0 Å². The lowest BCUT2D eigenvalue weighted by atomic mass is 9.84. The molecule has 0 saturated heterocycles. The van der Waals surface area contributed by atoms with Crippen LogP contribution in [0.5, 0.6) is 0 Å². The van der Waals surface area contributed by atoms with Crippen molar-refractivity contribution in [2.75, 3.05) is 6.61 Å². The fraction of sp³-hybridized carbons (Fsp3) is 0.464. The van der Waals surface area contributed by atoms with Crippen LogP contribution in [0.2, 0.25) is 0 Å². The van der Waals surface area contributed by atoms with Gasteiger partial charge in [-0.2, -0.15) is 0 Å². The molecule has 2 aliphatic carbocycles. The van der Waals surface area contributed by atoms with Crippen molar-refractivity contribution in [2.24, 2.45) is 11.8 Å². The molecule has 186 valence electrons. The van der Waals surface area contributed by atoms with Gasteiger partial charge in [0.2, 0.25) is 5.91 Å². The van der Waals surface area contributed by atoms with Gasteiger partial charge in [0.05, 0.1) is 0 Å². The molecule has 1 saturated carbocycles. The zero-order valence-corrected chi connectivity index (χ0v) is 20.3. The largest absolute Gasteiger partial charge is 0.480 e. The van der Waals surface area contributed by atoms with Crippen LogP contribution in [-0.4, -0.2) is 41.8 Å². The van der Waals surface area contributed by atoms with E-state index in [1.807, 2.05) is 38.1 Å². The third kappa shape index (κ3) is 5.50. The molecule has 4 rings (SSSR count).